The van der Waals surface area contributed by atoms with Gasteiger partial charge in [-0.25, -0.2) is 19.4 Å². The molecule has 0 aliphatic heterocycles. The molecule has 2 saturated carbocycles. The van der Waals surface area contributed by atoms with Gasteiger partial charge in [-0.15, -0.1) is 12.3 Å². The van der Waals surface area contributed by atoms with Gasteiger partial charge >= 0.3 is 5.76 Å². The maximum atomic E-state index is 11.7. The molecule has 4 aromatic rings. The molecule has 210 valence electrons. The highest BCUT2D eigenvalue weighted by atomic mass is 16.6. The molecule has 0 amide bonds. The van der Waals surface area contributed by atoms with Crippen LogP contribution in [-0.4, -0.2) is 53.1 Å². The normalized spacial score (nSPS) is 20.2. The quantitative estimate of drug-likeness (QED) is 0.296. The fourth-order valence-corrected chi connectivity index (χ4v) is 5.75. The first-order chi connectivity index (χ1) is 19.4. The zero-order valence-corrected chi connectivity index (χ0v) is 23.1. The topological polar surface area (TPSA) is 157 Å². The second-order valence-electron chi connectivity index (χ2n) is 11.2. The standard InChI is InChI=1S/C27H34N10O3/c1-5-17-9-11-18(12-10-17)13-37-21-22(28-15(2)19-7-6-8-19)29-24(25-32-27(38)39-35-25)30-23(21)31-26(37)36(4)14-20-16(3)33-40-34-20/h1,15,17-19H,6-14H2,2-4H3,(H,28,29,30)(H,32,35,38). The van der Waals surface area contributed by atoms with E-state index in [0.29, 0.717) is 35.8 Å². The Morgan fingerprint density at radius 2 is 1.95 bits per heavy atom. The maximum Gasteiger partial charge on any atom is 0.439 e. The number of aromatic amines is 1. The van der Waals surface area contributed by atoms with Crippen molar-refractivity contribution >= 4 is 22.9 Å². The van der Waals surface area contributed by atoms with E-state index in [1.807, 2.05) is 18.9 Å². The van der Waals surface area contributed by atoms with E-state index in [1.54, 1.807) is 0 Å². The van der Waals surface area contributed by atoms with Crippen molar-refractivity contribution in [3.63, 3.8) is 0 Å². The van der Waals surface area contributed by atoms with E-state index in [4.69, 9.17) is 30.5 Å². The van der Waals surface area contributed by atoms with Crippen molar-refractivity contribution in [1.82, 2.24) is 40.0 Å². The minimum atomic E-state index is -0.666. The lowest BCUT2D eigenvalue weighted by atomic mass is 9.80. The van der Waals surface area contributed by atoms with Crippen LogP contribution in [0.5, 0.6) is 0 Å². The summed E-state index contributed by atoms with van der Waals surface area (Å²) in [6.45, 7) is 5.26. The first kappa shape index (κ1) is 26.0. The molecule has 6 rings (SSSR count). The molecule has 0 aromatic carbocycles. The number of aromatic nitrogens is 8. The molecular weight excluding hydrogens is 512 g/mol. The fourth-order valence-electron chi connectivity index (χ4n) is 5.75. The van der Waals surface area contributed by atoms with Crippen molar-refractivity contribution in [1.29, 1.82) is 0 Å². The summed E-state index contributed by atoms with van der Waals surface area (Å²) in [5, 5.41) is 15.5. The van der Waals surface area contributed by atoms with E-state index in [9.17, 15) is 4.79 Å². The lowest BCUT2D eigenvalue weighted by molar-refractivity contribution is 0.284. The number of aryl methyl sites for hydroxylation is 1. The van der Waals surface area contributed by atoms with Crippen LogP contribution in [0.2, 0.25) is 0 Å². The Morgan fingerprint density at radius 3 is 2.58 bits per heavy atom. The van der Waals surface area contributed by atoms with Crippen molar-refractivity contribution in [2.75, 3.05) is 17.3 Å². The van der Waals surface area contributed by atoms with Crippen LogP contribution in [0.25, 0.3) is 22.8 Å². The summed E-state index contributed by atoms with van der Waals surface area (Å²) >= 11 is 0. The average molecular weight is 547 g/mol. The highest BCUT2D eigenvalue weighted by Gasteiger charge is 2.29. The van der Waals surface area contributed by atoms with Crippen LogP contribution in [0.3, 0.4) is 0 Å². The summed E-state index contributed by atoms with van der Waals surface area (Å²) in [4.78, 5) is 30.9. The number of nitrogens with zero attached hydrogens (tertiary/aromatic N) is 8. The van der Waals surface area contributed by atoms with E-state index in [2.05, 4.69) is 43.2 Å². The number of nitrogens with one attached hydrogen (secondary N) is 2. The first-order valence-corrected chi connectivity index (χ1v) is 14.0. The summed E-state index contributed by atoms with van der Waals surface area (Å²) in [5.41, 5.74) is 2.79. The number of H-pyrrole nitrogens is 1. The number of anilines is 2. The second kappa shape index (κ2) is 10.7. The number of fused-ring (bicyclic) bond motifs is 1. The molecule has 1 atom stereocenters. The molecule has 2 N–H and O–H groups in total. The molecule has 4 heterocycles. The summed E-state index contributed by atoms with van der Waals surface area (Å²) < 4.78 is 11.9. The Bertz CT molecular complexity index is 1580. The van der Waals surface area contributed by atoms with Gasteiger partial charge in [0.15, 0.2) is 11.5 Å². The smallest absolute Gasteiger partial charge is 0.365 e. The van der Waals surface area contributed by atoms with Gasteiger partial charge in [-0.3, -0.25) is 9.51 Å². The Kier molecular flexibility index (Phi) is 7.00. The molecule has 0 saturated heterocycles. The van der Waals surface area contributed by atoms with Gasteiger partial charge in [0.1, 0.15) is 16.9 Å². The van der Waals surface area contributed by atoms with Crippen LogP contribution >= 0.6 is 0 Å². The number of hydrogen-bond donors (Lipinski definition) is 2. The molecule has 0 bridgehead atoms. The van der Waals surface area contributed by atoms with Crippen LogP contribution < -0.4 is 16.0 Å². The predicted molar refractivity (Wildman–Crippen MR) is 147 cm³/mol. The summed E-state index contributed by atoms with van der Waals surface area (Å²) in [7, 11) is 1.97. The van der Waals surface area contributed by atoms with Gasteiger partial charge < -0.3 is 14.8 Å². The number of imidazole rings is 1. The third-order valence-electron chi connectivity index (χ3n) is 8.45. The highest BCUT2D eigenvalue weighted by molar-refractivity contribution is 5.87. The molecule has 13 nitrogen and oxygen atoms in total. The maximum absolute atomic E-state index is 11.7. The molecule has 0 spiro atoms. The molecule has 4 aromatic heterocycles. The van der Waals surface area contributed by atoms with Crippen molar-refractivity contribution in [3.8, 4) is 24.0 Å². The zero-order valence-electron chi connectivity index (χ0n) is 23.1. The molecule has 2 aliphatic carbocycles. The third-order valence-corrected chi connectivity index (χ3v) is 8.45. The Labute approximate surface area is 231 Å². The van der Waals surface area contributed by atoms with E-state index in [1.165, 1.54) is 19.3 Å². The number of terminal acetylenes is 1. The summed E-state index contributed by atoms with van der Waals surface area (Å²) in [6, 6.07) is 0.204. The van der Waals surface area contributed by atoms with E-state index in [0.717, 1.165) is 55.1 Å². The molecule has 0 radical (unpaired) electrons. The average Bonchev–Trinajstić information content (AvgIpc) is 3.62. The van der Waals surface area contributed by atoms with E-state index < -0.39 is 5.76 Å². The van der Waals surface area contributed by atoms with Gasteiger partial charge in [0, 0.05) is 25.6 Å². The van der Waals surface area contributed by atoms with Crippen molar-refractivity contribution in [2.45, 2.75) is 77.9 Å². The minimum Gasteiger partial charge on any atom is -0.365 e. The Balaban J connectivity index is 1.45. The van der Waals surface area contributed by atoms with Gasteiger partial charge in [0.2, 0.25) is 17.6 Å². The monoisotopic (exact) mass is 546 g/mol. The fraction of sp³-hybridized carbons (Fsp3) is 0.593. The summed E-state index contributed by atoms with van der Waals surface area (Å²) in [6.07, 6.45) is 13.5. The summed E-state index contributed by atoms with van der Waals surface area (Å²) in [5.74, 6) is 5.41. The van der Waals surface area contributed by atoms with Gasteiger partial charge in [-0.05, 0) is 64.2 Å². The van der Waals surface area contributed by atoms with Crippen LogP contribution in [0.1, 0.15) is 63.3 Å². The van der Waals surface area contributed by atoms with E-state index in [-0.39, 0.29) is 17.7 Å². The predicted octanol–water partition coefficient (Wildman–Crippen LogP) is 3.54. The largest absolute Gasteiger partial charge is 0.439 e. The molecule has 40 heavy (non-hydrogen) atoms. The zero-order chi connectivity index (χ0) is 27.8. The molecule has 1 unspecified atom stereocenters. The van der Waals surface area contributed by atoms with Crippen molar-refractivity contribution in [2.24, 2.45) is 17.8 Å². The highest BCUT2D eigenvalue weighted by Crippen LogP contribution is 2.36. The lowest BCUT2D eigenvalue weighted by Gasteiger charge is -2.32. The SMILES string of the molecule is C#CC1CCC(Cn2c(N(C)Cc3nonc3C)nc3nc(-c4noc(=O)[nH]4)nc(NC(C)C4CCC4)c32)CC1. The van der Waals surface area contributed by atoms with Crippen molar-refractivity contribution in [3.05, 3.63) is 21.9 Å². The molecule has 13 heteroatoms. The van der Waals surface area contributed by atoms with Crippen LogP contribution in [0.15, 0.2) is 13.9 Å². The van der Waals surface area contributed by atoms with Gasteiger partial charge in [0.25, 0.3) is 0 Å². The first-order valence-electron chi connectivity index (χ1n) is 14.0. The molecular formula is C27H34N10O3. The second-order valence-corrected chi connectivity index (χ2v) is 11.2. The van der Waals surface area contributed by atoms with Crippen LogP contribution in [-0.2, 0) is 13.1 Å². The third kappa shape index (κ3) is 5.05. The number of rotatable bonds is 9. The molecule has 2 aliphatic rings. The van der Waals surface area contributed by atoms with Crippen molar-refractivity contribution < 1.29 is 9.15 Å². The lowest BCUT2D eigenvalue weighted by Crippen LogP contribution is -2.31. The van der Waals surface area contributed by atoms with Gasteiger partial charge in [0.05, 0.1) is 6.54 Å². The number of hydrogen-bond acceptors (Lipinski definition) is 11. The minimum absolute atomic E-state index is 0.160. The van der Waals surface area contributed by atoms with Crippen LogP contribution in [0, 0.1) is 37.0 Å². The Hall–Kier alpha value is -4.21. The van der Waals surface area contributed by atoms with E-state index >= 15 is 0 Å². The van der Waals surface area contributed by atoms with Gasteiger partial charge in [-0.1, -0.05) is 21.9 Å². The van der Waals surface area contributed by atoms with Gasteiger partial charge in [-0.2, -0.15) is 4.98 Å². The van der Waals surface area contributed by atoms with Crippen LogP contribution in [0.4, 0.5) is 11.8 Å². The molecule has 2 fully saturated rings. The Morgan fingerprint density at radius 1 is 1.15 bits per heavy atom.